The van der Waals surface area contributed by atoms with Crippen LogP contribution in [0, 0.1) is 5.92 Å². The summed E-state index contributed by atoms with van der Waals surface area (Å²) >= 11 is 0. The molecule has 7 nitrogen and oxygen atoms in total. The quantitative estimate of drug-likeness (QED) is 0.214. The van der Waals surface area contributed by atoms with E-state index in [1.165, 1.54) is 0 Å². The molecule has 2 rings (SSSR count). The van der Waals surface area contributed by atoms with Gasteiger partial charge in [-0.3, -0.25) is 14.7 Å². The minimum Gasteiger partial charge on any atom is -0.357 e. The van der Waals surface area contributed by atoms with Crippen LogP contribution in [0.15, 0.2) is 4.99 Å². The van der Waals surface area contributed by atoms with Gasteiger partial charge in [-0.1, -0.05) is 13.8 Å². The highest BCUT2D eigenvalue weighted by Gasteiger charge is 2.25. The molecule has 164 valence electrons. The average Bonchev–Trinajstić information content (AvgIpc) is 3.05. The number of rotatable bonds is 9. The van der Waals surface area contributed by atoms with Crippen LogP contribution < -0.4 is 10.6 Å². The van der Waals surface area contributed by atoms with E-state index in [0.717, 1.165) is 84.1 Å². The zero-order chi connectivity index (χ0) is 19.6. The van der Waals surface area contributed by atoms with Crippen molar-refractivity contribution in [1.29, 1.82) is 0 Å². The standard InChI is InChI=1S/C20H40N6O.HI/c1-5-21-20(22-9-7-11-26-10-6-8-19(26)27)23-16-18(17(2)3)25-14-12-24(4)13-15-25;/h17-18H,5-16H2,1-4H3,(H2,21,22,23);1H. The van der Waals surface area contributed by atoms with Crippen molar-refractivity contribution in [3.05, 3.63) is 0 Å². The van der Waals surface area contributed by atoms with Crippen molar-refractivity contribution in [1.82, 2.24) is 25.3 Å². The fourth-order valence-corrected chi connectivity index (χ4v) is 3.85. The lowest BCUT2D eigenvalue weighted by molar-refractivity contribution is -0.127. The number of guanidine groups is 1. The third kappa shape index (κ3) is 8.41. The molecule has 0 aromatic heterocycles. The fraction of sp³-hybridized carbons (Fsp3) is 0.900. The number of halogens is 1. The molecule has 2 aliphatic heterocycles. The van der Waals surface area contributed by atoms with Gasteiger partial charge in [0.15, 0.2) is 5.96 Å². The first-order chi connectivity index (χ1) is 13.0. The molecule has 1 unspecified atom stereocenters. The summed E-state index contributed by atoms with van der Waals surface area (Å²) in [6.45, 7) is 15.5. The maximum Gasteiger partial charge on any atom is 0.222 e. The highest BCUT2D eigenvalue weighted by molar-refractivity contribution is 14.0. The van der Waals surface area contributed by atoms with Gasteiger partial charge in [0.25, 0.3) is 0 Å². The van der Waals surface area contributed by atoms with E-state index in [9.17, 15) is 4.79 Å². The molecule has 1 amide bonds. The van der Waals surface area contributed by atoms with Crippen molar-refractivity contribution in [2.24, 2.45) is 10.9 Å². The molecule has 1 atom stereocenters. The van der Waals surface area contributed by atoms with Crippen LogP contribution in [-0.2, 0) is 4.79 Å². The van der Waals surface area contributed by atoms with Gasteiger partial charge >= 0.3 is 0 Å². The molecule has 0 bridgehead atoms. The second-order valence-electron chi connectivity index (χ2n) is 8.13. The van der Waals surface area contributed by atoms with Gasteiger partial charge in [0, 0.05) is 64.8 Å². The van der Waals surface area contributed by atoms with E-state index in [1.807, 2.05) is 4.90 Å². The Morgan fingerprint density at radius 1 is 1.14 bits per heavy atom. The SMILES string of the molecule is CCNC(=NCC(C(C)C)N1CCN(C)CC1)NCCCN1CCCC1=O.I. The normalized spacial score (nSPS) is 20.4. The number of likely N-dealkylation sites (N-methyl/N-ethyl adjacent to an activating group) is 1. The van der Waals surface area contributed by atoms with Gasteiger partial charge in [-0.25, -0.2) is 0 Å². The predicted molar refractivity (Wildman–Crippen MR) is 128 cm³/mol. The molecule has 8 heteroatoms. The molecular formula is C20H41IN6O. The van der Waals surface area contributed by atoms with E-state index in [4.69, 9.17) is 4.99 Å². The van der Waals surface area contributed by atoms with Crippen molar-refractivity contribution < 1.29 is 4.79 Å². The molecule has 0 spiro atoms. The Kier molecular flexibility index (Phi) is 12.3. The largest absolute Gasteiger partial charge is 0.357 e. The minimum atomic E-state index is 0. The maximum absolute atomic E-state index is 11.7. The van der Waals surface area contributed by atoms with Crippen LogP contribution in [0.4, 0.5) is 0 Å². The Labute approximate surface area is 188 Å². The molecule has 0 aromatic rings. The molecule has 2 heterocycles. The zero-order valence-electron chi connectivity index (χ0n) is 18.2. The maximum atomic E-state index is 11.7. The van der Waals surface area contributed by atoms with E-state index >= 15 is 0 Å². The second kappa shape index (κ2) is 13.6. The molecule has 0 radical (unpaired) electrons. The van der Waals surface area contributed by atoms with Crippen molar-refractivity contribution >= 4 is 35.8 Å². The van der Waals surface area contributed by atoms with Gasteiger partial charge in [-0.05, 0) is 32.7 Å². The first-order valence-electron chi connectivity index (χ1n) is 10.7. The topological polar surface area (TPSA) is 63.2 Å². The number of carbonyl (C=O) groups excluding carboxylic acids is 1. The van der Waals surface area contributed by atoms with E-state index in [0.29, 0.717) is 17.9 Å². The highest BCUT2D eigenvalue weighted by atomic mass is 127. The Hall–Kier alpha value is -0.610. The summed E-state index contributed by atoms with van der Waals surface area (Å²) in [6, 6.07) is 0.483. The summed E-state index contributed by atoms with van der Waals surface area (Å²) in [5.74, 6) is 1.79. The van der Waals surface area contributed by atoms with E-state index in [2.05, 4.69) is 48.3 Å². The molecule has 2 aliphatic rings. The predicted octanol–water partition coefficient (Wildman–Crippen LogP) is 1.44. The summed E-state index contributed by atoms with van der Waals surface area (Å²) in [5.41, 5.74) is 0. The van der Waals surface area contributed by atoms with Gasteiger partial charge in [0.1, 0.15) is 0 Å². The summed E-state index contributed by atoms with van der Waals surface area (Å²) in [5, 5.41) is 6.79. The van der Waals surface area contributed by atoms with Crippen LogP contribution in [0.2, 0.25) is 0 Å². The molecule has 0 saturated carbocycles. The zero-order valence-corrected chi connectivity index (χ0v) is 20.6. The monoisotopic (exact) mass is 508 g/mol. The second-order valence-corrected chi connectivity index (χ2v) is 8.13. The van der Waals surface area contributed by atoms with Crippen molar-refractivity contribution in [3.8, 4) is 0 Å². The smallest absolute Gasteiger partial charge is 0.222 e. The third-order valence-corrected chi connectivity index (χ3v) is 5.63. The minimum absolute atomic E-state index is 0. The number of likely N-dealkylation sites (tertiary alicyclic amines) is 1. The third-order valence-electron chi connectivity index (χ3n) is 5.63. The molecule has 0 aromatic carbocycles. The number of aliphatic imine (C=N–C) groups is 1. The fourth-order valence-electron chi connectivity index (χ4n) is 3.85. The molecule has 2 saturated heterocycles. The van der Waals surface area contributed by atoms with Crippen molar-refractivity contribution in [2.75, 3.05) is 66.0 Å². The molecular weight excluding hydrogens is 467 g/mol. The number of hydrogen-bond acceptors (Lipinski definition) is 4. The number of nitrogens with zero attached hydrogens (tertiary/aromatic N) is 4. The van der Waals surface area contributed by atoms with Crippen LogP contribution in [0.1, 0.15) is 40.0 Å². The van der Waals surface area contributed by atoms with E-state index < -0.39 is 0 Å². The van der Waals surface area contributed by atoms with Gasteiger partial charge in [0.2, 0.25) is 5.91 Å². The molecule has 28 heavy (non-hydrogen) atoms. The van der Waals surface area contributed by atoms with Crippen LogP contribution in [0.25, 0.3) is 0 Å². The number of hydrogen-bond donors (Lipinski definition) is 2. The van der Waals surface area contributed by atoms with Crippen LogP contribution in [0.3, 0.4) is 0 Å². The van der Waals surface area contributed by atoms with Crippen LogP contribution in [-0.4, -0.2) is 98.6 Å². The van der Waals surface area contributed by atoms with Gasteiger partial charge < -0.3 is 20.4 Å². The lowest BCUT2D eigenvalue weighted by atomic mass is 10.0. The van der Waals surface area contributed by atoms with Crippen molar-refractivity contribution in [2.45, 2.75) is 46.1 Å². The number of amides is 1. The van der Waals surface area contributed by atoms with Crippen LogP contribution >= 0.6 is 24.0 Å². The summed E-state index contributed by atoms with van der Waals surface area (Å²) in [7, 11) is 2.20. The number of carbonyl (C=O) groups is 1. The Balaban J connectivity index is 0.00000392. The summed E-state index contributed by atoms with van der Waals surface area (Å²) in [4.78, 5) is 23.5. The number of piperazine rings is 1. The Bertz CT molecular complexity index is 479. The van der Waals surface area contributed by atoms with E-state index in [1.54, 1.807) is 0 Å². The average molecular weight is 508 g/mol. The number of nitrogens with one attached hydrogen (secondary N) is 2. The summed E-state index contributed by atoms with van der Waals surface area (Å²) in [6.07, 6.45) is 2.70. The molecule has 2 fully saturated rings. The van der Waals surface area contributed by atoms with Gasteiger partial charge in [0.05, 0.1) is 6.54 Å². The van der Waals surface area contributed by atoms with Gasteiger partial charge in [-0.15, -0.1) is 24.0 Å². The molecule has 0 aliphatic carbocycles. The van der Waals surface area contributed by atoms with Gasteiger partial charge in [-0.2, -0.15) is 0 Å². The first-order valence-corrected chi connectivity index (χ1v) is 10.7. The highest BCUT2D eigenvalue weighted by Crippen LogP contribution is 2.14. The lowest BCUT2D eigenvalue weighted by Gasteiger charge is -2.39. The molecule has 2 N–H and O–H groups in total. The summed E-state index contributed by atoms with van der Waals surface area (Å²) < 4.78 is 0. The van der Waals surface area contributed by atoms with Crippen molar-refractivity contribution in [3.63, 3.8) is 0 Å². The Morgan fingerprint density at radius 3 is 2.43 bits per heavy atom. The van der Waals surface area contributed by atoms with Crippen LogP contribution in [0.5, 0.6) is 0 Å². The van der Waals surface area contributed by atoms with E-state index in [-0.39, 0.29) is 24.0 Å². The first kappa shape index (κ1) is 25.4. The lowest BCUT2D eigenvalue weighted by Crippen LogP contribution is -2.52. The Morgan fingerprint density at radius 2 is 1.86 bits per heavy atom.